The van der Waals surface area contributed by atoms with Gasteiger partial charge in [0.1, 0.15) is 5.82 Å². The van der Waals surface area contributed by atoms with Crippen molar-refractivity contribution in [3.05, 3.63) is 35.6 Å². The molecule has 1 aromatic carbocycles. The molecule has 0 aliphatic heterocycles. The van der Waals surface area contributed by atoms with Crippen molar-refractivity contribution in [2.24, 2.45) is 0 Å². The van der Waals surface area contributed by atoms with E-state index < -0.39 is 18.0 Å². The van der Waals surface area contributed by atoms with Crippen LogP contribution in [0.15, 0.2) is 24.3 Å². The zero-order chi connectivity index (χ0) is 15.1. The number of hydrogen-bond donors (Lipinski definition) is 3. The van der Waals surface area contributed by atoms with Crippen molar-refractivity contribution in [3.63, 3.8) is 0 Å². The van der Waals surface area contributed by atoms with Gasteiger partial charge in [0.25, 0.3) is 0 Å². The number of imide groups is 1. The van der Waals surface area contributed by atoms with Crippen molar-refractivity contribution < 1.29 is 14.0 Å². The third-order valence-corrected chi connectivity index (χ3v) is 2.85. The molecule has 0 fully saturated rings. The Balaban J connectivity index is 2.44. The Labute approximate surface area is 117 Å². The van der Waals surface area contributed by atoms with Gasteiger partial charge in [0.05, 0.1) is 6.04 Å². The normalized spacial score (nSPS) is 13.4. The summed E-state index contributed by atoms with van der Waals surface area (Å²) < 4.78 is 12.8. The molecule has 20 heavy (non-hydrogen) atoms. The fourth-order valence-electron chi connectivity index (χ4n) is 1.82. The Morgan fingerprint density at radius 3 is 2.35 bits per heavy atom. The zero-order valence-corrected chi connectivity index (χ0v) is 11.9. The Kier molecular flexibility index (Phi) is 6.11. The standard InChI is InChI=1S/C14H20FN3O2/c1-9(8-11-4-6-12(15)7-5-11)17-10(2)13(19)18-14(20)16-3/h4-7,9-10,17H,8H2,1-3H3,(H2,16,18,19,20). The number of carbonyl (C=O) groups excluding carboxylic acids is 2. The number of urea groups is 1. The number of nitrogens with one attached hydrogen (secondary N) is 3. The molecule has 0 radical (unpaired) electrons. The first kappa shape index (κ1) is 16.1. The molecule has 5 nitrogen and oxygen atoms in total. The van der Waals surface area contributed by atoms with E-state index in [4.69, 9.17) is 0 Å². The van der Waals surface area contributed by atoms with Crippen molar-refractivity contribution in [1.82, 2.24) is 16.0 Å². The highest BCUT2D eigenvalue weighted by molar-refractivity contribution is 5.96. The summed E-state index contributed by atoms with van der Waals surface area (Å²) in [5.74, 6) is -0.664. The van der Waals surface area contributed by atoms with Crippen molar-refractivity contribution in [3.8, 4) is 0 Å². The Morgan fingerprint density at radius 1 is 1.20 bits per heavy atom. The first-order valence-corrected chi connectivity index (χ1v) is 6.45. The lowest BCUT2D eigenvalue weighted by atomic mass is 10.1. The van der Waals surface area contributed by atoms with Gasteiger partial charge in [-0.15, -0.1) is 0 Å². The molecule has 1 rings (SSSR count). The minimum atomic E-state index is -0.533. The van der Waals surface area contributed by atoms with E-state index >= 15 is 0 Å². The molecule has 110 valence electrons. The lowest BCUT2D eigenvalue weighted by Crippen LogP contribution is -2.49. The highest BCUT2D eigenvalue weighted by atomic mass is 19.1. The summed E-state index contributed by atoms with van der Waals surface area (Å²) in [6.45, 7) is 3.60. The van der Waals surface area contributed by atoms with Gasteiger partial charge in [0.2, 0.25) is 5.91 Å². The summed E-state index contributed by atoms with van der Waals surface area (Å²) >= 11 is 0. The van der Waals surface area contributed by atoms with Gasteiger partial charge >= 0.3 is 6.03 Å². The Hall–Kier alpha value is -1.95. The number of carbonyl (C=O) groups is 2. The van der Waals surface area contributed by atoms with Gasteiger partial charge in [0.15, 0.2) is 0 Å². The molecule has 2 atom stereocenters. The van der Waals surface area contributed by atoms with E-state index in [9.17, 15) is 14.0 Å². The molecule has 0 heterocycles. The first-order chi connectivity index (χ1) is 9.42. The molecule has 0 saturated heterocycles. The predicted octanol–water partition coefficient (Wildman–Crippen LogP) is 1.19. The van der Waals surface area contributed by atoms with Crippen molar-refractivity contribution in [2.75, 3.05) is 7.05 Å². The van der Waals surface area contributed by atoms with E-state index in [2.05, 4.69) is 16.0 Å². The van der Waals surface area contributed by atoms with Gasteiger partial charge in [-0.05, 0) is 38.0 Å². The maximum Gasteiger partial charge on any atom is 0.321 e. The maximum absolute atomic E-state index is 12.8. The third kappa shape index (κ3) is 5.36. The second-order valence-electron chi connectivity index (χ2n) is 4.69. The van der Waals surface area contributed by atoms with Crippen LogP contribution in [0.5, 0.6) is 0 Å². The van der Waals surface area contributed by atoms with Gasteiger partial charge in [-0.25, -0.2) is 9.18 Å². The monoisotopic (exact) mass is 281 g/mol. The van der Waals surface area contributed by atoms with E-state index in [0.29, 0.717) is 6.42 Å². The molecule has 0 aliphatic carbocycles. The first-order valence-electron chi connectivity index (χ1n) is 6.45. The predicted molar refractivity (Wildman–Crippen MR) is 74.8 cm³/mol. The molecule has 3 N–H and O–H groups in total. The molecule has 0 bridgehead atoms. The lowest BCUT2D eigenvalue weighted by Gasteiger charge is -2.19. The van der Waals surface area contributed by atoms with Gasteiger partial charge in [-0.1, -0.05) is 12.1 Å². The molecular formula is C14H20FN3O2. The fourth-order valence-corrected chi connectivity index (χ4v) is 1.82. The maximum atomic E-state index is 12.8. The lowest BCUT2D eigenvalue weighted by molar-refractivity contribution is -0.121. The molecule has 6 heteroatoms. The topological polar surface area (TPSA) is 70.2 Å². The van der Waals surface area contributed by atoms with Crippen molar-refractivity contribution in [2.45, 2.75) is 32.4 Å². The van der Waals surface area contributed by atoms with Crippen LogP contribution in [-0.4, -0.2) is 31.1 Å². The number of halogens is 1. The van der Waals surface area contributed by atoms with E-state index in [1.54, 1.807) is 19.1 Å². The van der Waals surface area contributed by atoms with E-state index in [1.165, 1.54) is 19.2 Å². The molecule has 1 aromatic rings. The van der Waals surface area contributed by atoms with E-state index in [1.807, 2.05) is 6.92 Å². The number of amides is 3. The summed E-state index contributed by atoms with van der Waals surface area (Å²) in [5, 5.41) is 7.61. The van der Waals surface area contributed by atoms with E-state index in [-0.39, 0.29) is 11.9 Å². The van der Waals surface area contributed by atoms with Crippen LogP contribution in [0, 0.1) is 5.82 Å². The number of rotatable bonds is 5. The van der Waals surface area contributed by atoms with Crippen LogP contribution in [0.25, 0.3) is 0 Å². The zero-order valence-electron chi connectivity index (χ0n) is 11.9. The molecule has 3 amide bonds. The van der Waals surface area contributed by atoms with Crippen LogP contribution in [0.4, 0.5) is 9.18 Å². The highest BCUT2D eigenvalue weighted by Gasteiger charge is 2.17. The second kappa shape index (κ2) is 7.59. The van der Waals surface area contributed by atoms with Crippen LogP contribution in [-0.2, 0) is 11.2 Å². The molecular weight excluding hydrogens is 261 g/mol. The van der Waals surface area contributed by atoms with Crippen LogP contribution >= 0.6 is 0 Å². The fraction of sp³-hybridized carbons (Fsp3) is 0.429. The van der Waals surface area contributed by atoms with Crippen LogP contribution in [0.3, 0.4) is 0 Å². The average molecular weight is 281 g/mol. The van der Waals surface area contributed by atoms with Crippen LogP contribution < -0.4 is 16.0 Å². The summed E-state index contributed by atoms with van der Waals surface area (Å²) in [4.78, 5) is 22.7. The summed E-state index contributed by atoms with van der Waals surface area (Å²) in [6, 6.07) is 5.22. The minimum absolute atomic E-state index is 0.0194. The summed E-state index contributed by atoms with van der Waals surface area (Å²) in [5.41, 5.74) is 0.977. The molecule has 0 aromatic heterocycles. The van der Waals surface area contributed by atoms with Gasteiger partial charge in [0, 0.05) is 13.1 Å². The molecule has 0 aliphatic rings. The van der Waals surface area contributed by atoms with Crippen molar-refractivity contribution >= 4 is 11.9 Å². The Bertz CT molecular complexity index is 462. The van der Waals surface area contributed by atoms with Crippen molar-refractivity contribution in [1.29, 1.82) is 0 Å². The minimum Gasteiger partial charge on any atom is -0.341 e. The highest BCUT2D eigenvalue weighted by Crippen LogP contribution is 2.06. The average Bonchev–Trinajstić information content (AvgIpc) is 2.41. The SMILES string of the molecule is CNC(=O)NC(=O)C(C)NC(C)Cc1ccc(F)cc1. The second-order valence-corrected chi connectivity index (χ2v) is 4.69. The largest absolute Gasteiger partial charge is 0.341 e. The van der Waals surface area contributed by atoms with Crippen LogP contribution in [0.1, 0.15) is 19.4 Å². The molecule has 2 unspecified atom stereocenters. The summed E-state index contributed by atoms with van der Waals surface area (Å²) in [6.07, 6.45) is 0.665. The van der Waals surface area contributed by atoms with Gasteiger partial charge < -0.3 is 10.6 Å². The van der Waals surface area contributed by atoms with Crippen LogP contribution in [0.2, 0.25) is 0 Å². The molecule has 0 spiro atoms. The van der Waals surface area contributed by atoms with Gasteiger partial charge in [-0.3, -0.25) is 10.1 Å². The Morgan fingerprint density at radius 2 is 1.80 bits per heavy atom. The molecule has 0 saturated carbocycles. The quantitative estimate of drug-likeness (QED) is 0.759. The van der Waals surface area contributed by atoms with E-state index in [0.717, 1.165) is 5.56 Å². The number of benzene rings is 1. The van der Waals surface area contributed by atoms with Gasteiger partial charge in [-0.2, -0.15) is 0 Å². The third-order valence-electron chi connectivity index (χ3n) is 2.85. The summed E-state index contributed by atoms with van der Waals surface area (Å²) in [7, 11) is 1.44. The smallest absolute Gasteiger partial charge is 0.321 e. The number of hydrogen-bond acceptors (Lipinski definition) is 3.